The molecule has 0 radical (unpaired) electrons. The highest BCUT2D eigenvalue weighted by atomic mass is 15.1. The van der Waals surface area contributed by atoms with Crippen LogP contribution in [0.25, 0.3) is 0 Å². The van der Waals surface area contributed by atoms with Crippen LogP contribution in [0.1, 0.15) is 13.8 Å². The maximum absolute atomic E-state index is 3.37. The third-order valence-electron chi connectivity index (χ3n) is 2.40. The molecule has 0 aliphatic rings. The molecule has 0 aliphatic heterocycles. The molecule has 17 heavy (non-hydrogen) atoms. The van der Waals surface area contributed by atoms with Crippen molar-refractivity contribution in [1.29, 1.82) is 0 Å². The fourth-order valence-electron chi connectivity index (χ4n) is 1.67. The number of benzene rings is 2. The van der Waals surface area contributed by atoms with Gasteiger partial charge >= 0.3 is 0 Å². The monoisotopic (exact) mass is 232 g/mol. The van der Waals surface area contributed by atoms with E-state index in [1.54, 1.807) is 0 Å². The lowest BCUT2D eigenvalue weighted by Gasteiger charge is -2.11. The van der Waals surface area contributed by atoms with Crippen LogP contribution >= 0.6 is 0 Å². The molecule has 0 unspecified atom stereocenters. The Morgan fingerprint density at radius 1 is 0.706 bits per heavy atom. The molecule has 0 bridgehead atoms. The van der Waals surface area contributed by atoms with E-state index in [4.69, 9.17) is 0 Å². The summed E-state index contributed by atoms with van der Waals surface area (Å²) in [5.41, 5.74) is 3.36. The number of hydrogen-bond donors (Lipinski definition) is 2. The molecule has 0 atom stereocenters. The lowest BCUT2D eigenvalue weighted by molar-refractivity contribution is 0.900. The molecule has 88 valence electrons. The van der Waals surface area contributed by atoms with Gasteiger partial charge in [-0.1, -0.05) is 18.2 Å². The van der Waals surface area contributed by atoms with E-state index in [1.165, 1.54) is 0 Å². The zero-order valence-corrected chi connectivity index (χ0v) is 10.3. The summed E-state index contributed by atoms with van der Waals surface area (Å²) in [4.78, 5) is 0. The van der Waals surface area contributed by atoms with Crippen LogP contribution in [-0.4, -0.2) is 6.04 Å². The molecular weight excluding hydrogens is 214 g/mol. The average molecular weight is 232 g/mol. The van der Waals surface area contributed by atoms with E-state index in [0.29, 0.717) is 6.04 Å². The fraction of sp³-hybridized carbons (Fsp3) is 0.200. The van der Waals surface area contributed by atoms with Crippen molar-refractivity contribution in [2.75, 3.05) is 10.6 Å². The molecule has 0 aliphatic carbocycles. The Kier molecular flexibility index (Phi) is 3.66. The third-order valence-corrected chi connectivity index (χ3v) is 2.40. The lowest BCUT2D eigenvalue weighted by Crippen LogP contribution is -2.09. The summed E-state index contributed by atoms with van der Waals surface area (Å²) >= 11 is 0. The van der Waals surface area contributed by atoms with E-state index < -0.39 is 0 Å². The molecule has 0 heterocycles. The van der Waals surface area contributed by atoms with Crippen LogP contribution in [0.3, 0.4) is 0 Å². The van der Waals surface area contributed by atoms with Crippen LogP contribution in [0.2, 0.25) is 0 Å². The largest absolute Gasteiger partial charge is 0.383 e. The lowest BCUT2D eigenvalue weighted by atomic mass is 10.2. The molecule has 2 nitrogen and oxygen atoms in total. The molecule has 0 fully saturated rings. The van der Waals surface area contributed by atoms with Crippen molar-refractivity contribution in [3.63, 3.8) is 0 Å². The Morgan fingerprint density at radius 3 is 1.82 bits per heavy atom. The number of nitrogens with one attached hydrogen (secondary N) is 2. The van der Waals surface area contributed by atoms with Gasteiger partial charge in [0.25, 0.3) is 0 Å². The van der Waals surface area contributed by atoms with Crippen molar-refractivity contribution in [3.8, 4) is 0 Å². The van der Waals surface area contributed by atoms with Gasteiger partial charge in [-0.2, -0.15) is 0 Å². The van der Waals surface area contributed by atoms with Gasteiger partial charge in [-0.3, -0.25) is 0 Å². The Balaban J connectivity index is 2.03. The number of para-hydroxylation sites is 1. The Hall–Kier alpha value is -1.96. The molecule has 2 aromatic rings. The number of hydrogen-bond acceptors (Lipinski definition) is 2. The first kappa shape index (κ1) is 11.5. The highest BCUT2D eigenvalue weighted by Crippen LogP contribution is 2.18. The van der Waals surface area contributed by atoms with Gasteiger partial charge in [0.15, 0.2) is 0 Å². The van der Waals surface area contributed by atoms with Gasteiger partial charge in [-0.25, -0.2) is 0 Å². The van der Waals surface area contributed by atoms with Gasteiger partial charge < -0.3 is 10.6 Å². The maximum atomic E-state index is 3.37. The Morgan fingerprint density at radius 2 is 1.24 bits per heavy atom. The van der Waals surface area contributed by atoms with Crippen LogP contribution < -0.4 is 10.6 Å². The summed E-state index contributed by atoms with van der Waals surface area (Å²) in [7, 11) is 0. The van der Waals surface area contributed by atoms with Gasteiger partial charge in [0.1, 0.15) is 0 Å². The molecule has 2 N–H and O–H groups in total. The smallest absolute Gasteiger partial charge is 0.0385 e. The van der Waals surface area contributed by atoms with E-state index >= 15 is 0 Å². The van der Waals surface area contributed by atoms with Crippen molar-refractivity contribution in [2.45, 2.75) is 19.9 Å². The number of anilines is 3. The second-order valence-corrected chi connectivity index (χ2v) is 4.37. The van der Waals surface area contributed by atoms with E-state index in [0.717, 1.165) is 17.1 Å². The standard InChI is InChI=1S/C15H18N2/c1-12(2)16-14-8-10-15(11-9-14)17-13-6-4-3-5-7-13/h3-12,16-17H,1-2H3/i3+1,4+1,5+1,6+1,7+1,13+1. The van der Waals surface area contributed by atoms with E-state index in [2.05, 4.69) is 60.9 Å². The van der Waals surface area contributed by atoms with Crippen molar-refractivity contribution in [1.82, 2.24) is 0 Å². The van der Waals surface area contributed by atoms with Crippen molar-refractivity contribution in [3.05, 3.63) is 54.6 Å². The minimum atomic E-state index is 0.461. The zero-order valence-electron chi connectivity index (χ0n) is 10.3. The third kappa shape index (κ3) is 3.52. The molecule has 0 aromatic heterocycles. The van der Waals surface area contributed by atoms with Gasteiger partial charge in [-0.15, -0.1) is 0 Å². The van der Waals surface area contributed by atoms with Crippen molar-refractivity contribution < 1.29 is 0 Å². The second kappa shape index (κ2) is 5.39. The Labute approximate surface area is 103 Å². The summed E-state index contributed by atoms with van der Waals surface area (Å²) in [5, 5.41) is 6.72. The van der Waals surface area contributed by atoms with Gasteiger partial charge in [0, 0.05) is 23.1 Å². The highest BCUT2D eigenvalue weighted by Gasteiger charge is 1.96. The first-order chi connectivity index (χ1) is 8.24. The zero-order chi connectivity index (χ0) is 12.1. The van der Waals surface area contributed by atoms with Crippen LogP contribution in [0.4, 0.5) is 17.1 Å². The first-order valence-electron chi connectivity index (χ1n) is 5.93. The summed E-state index contributed by atoms with van der Waals surface area (Å²) < 4.78 is 0. The molecule has 0 saturated heterocycles. The van der Waals surface area contributed by atoms with Crippen molar-refractivity contribution in [2.24, 2.45) is 0 Å². The van der Waals surface area contributed by atoms with E-state index in [-0.39, 0.29) is 0 Å². The summed E-state index contributed by atoms with van der Waals surface area (Å²) in [6.45, 7) is 4.27. The minimum absolute atomic E-state index is 0.461. The molecule has 0 amide bonds. The molecule has 2 rings (SSSR count). The minimum Gasteiger partial charge on any atom is -0.383 e. The van der Waals surface area contributed by atoms with Gasteiger partial charge in [0.2, 0.25) is 0 Å². The summed E-state index contributed by atoms with van der Waals surface area (Å²) in [6.07, 6.45) is 0. The fourth-order valence-corrected chi connectivity index (χ4v) is 1.67. The molecule has 2 heteroatoms. The summed E-state index contributed by atoms with van der Waals surface area (Å²) in [5.74, 6) is 0. The normalized spacial score (nSPS) is 10.3. The van der Waals surface area contributed by atoms with Crippen LogP contribution in [-0.2, 0) is 0 Å². The predicted octanol–water partition coefficient (Wildman–Crippen LogP) is 4.25. The predicted molar refractivity (Wildman–Crippen MR) is 74.9 cm³/mol. The molecule has 2 aromatic carbocycles. The maximum Gasteiger partial charge on any atom is 0.0385 e. The molecular formula is C15H18N2. The number of rotatable bonds is 4. The topological polar surface area (TPSA) is 24.1 Å². The second-order valence-electron chi connectivity index (χ2n) is 4.37. The SMILES string of the molecule is CC(C)Nc1ccc(N[13c]2[13cH][13cH][13cH][13cH][13cH]2)cc1. The van der Waals surface area contributed by atoms with E-state index in [9.17, 15) is 0 Å². The Bertz CT molecular complexity index is 446. The quantitative estimate of drug-likeness (QED) is 0.823. The van der Waals surface area contributed by atoms with Gasteiger partial charge in [-0.05, 0) is 50.2 Å². The first-order valence-corrected chi connectivity index (χ1v) is 5.93. The van der Waals surface area contributed by atoms with Gasteiger partial charge in [0.05, 0.1) is 0 Å². The van der Waals surface area contributed by atoms with Crippen LogP contribution in [0.5, 0.6) is 0 Å². The van der Waals surface area contributed by atoms with Crippen LogP contribution in [0.15, 0.2) is 54.6 Å². The average Bonchev–Trinajstić information content (AvgIpc) is 2.32. The van der Waals surface area contributed by atoms with Crippen LogP contribution in [0, 0.1) is 0 Å². The molecule has 0 spiro atoms. The molecule has 0 saturated carbocycles. The van der Waals surface area contributed by atoms with E-state index in [1.807, 2.05) is 18.2 Å². The summed E-state index contributed by atoms with van der Waals surface area (Å²) in [6, 6.07) is 19.0. The highest BCUT2D eigenvalue weighted by molar-refractivity contribution is 5.62. The van der Waals surface area contributed by atoms with Crippen molar-refractivity contribution >= 4 is 17.1 Å².